The highest BCUT2D eigenvalue weighted by Gasteiger charge is 2.11. The molecule has 0 aliphatic heterocycles. The number of hydrogen-bond acceptors (Lipinski definition) is 2. The molecular formula is C30H20BOS. The lowest BCUT2D eigenvalue weighted by Crippen LogP contribution is -2.11. The minimum atomic E-state index is 0.824. The van der Waals surface area contributed by atoms with E-state index in [4.69, 9.17) is 0 Å². The van der Waals surface area contributed by atoms with Crippen molar-refractivity contribution >= 4 is 44.5 Å². The van der Waals surface area contributed by atoms with Crippen molar-refractivity contribution in [3.8, 4) is 33.4 Å². The van der Waals surface area contributed by atoms with Gasteiger partial charge in [-0.3, -0.25) is 0 Å². The second kappa shape index (κ2) is 8.36. The molecule has 1 N–H and O–H groups in total. The Morgan fingerprint density at radius 3 is 1.55 bits per heavy atom. The molecular weight excluding hydrogens is 419 g/mol. The maximum Gasteiger partial charge on any atom is 0.326 e. The Hall–Kier alpha value is -3.66. The highest BCUT2D eigenvalue weighted by Crippen LogP contribution is 2.38. The van der Waals surface area contributed by atoms with E-state index < -0.39 is 0 Å². The van der Waals surface area contributed by atoms with E-state index in [1.54, 1.807) is 11.3 Å². The second-order valence-electron chi connectivity index (χ2n) is 8.23. The predicted octanol–water partition coefficient (Wildman–Crippen LogP) is 7.29. The smallest absolute Gasteiger partial charge is 0.326 e. The van der Waals surface area contributed by atoms with E-state index in [1.165, 1.54) is 61.0 Å². The van der Waals surface area contributed by atoms with Crippen molar-refractivity contribution in [2.45, 2.75) is 0 Å². The number of hydrogen-bond donors (Lipinski definition) is 1. The molecule has 6 aromatic rings. The van der Waals surface area contributed by atoms with E-state index in [-0.39, 0.29) is 0 Å². The molecule has 0 saturated heterocycles. The molecule has 1 radical (unpaired) electrons. The van der Waals surface area contributed by atoms with Gasteiger partial charge in [0, 0.05) is 14.8 Å². The molecule has 0 fully saturated rings. The first-order valence-corrected chi connectivity index (χ1v) is 11.8. The maximum atomic E-state index is 9.50. The Balaban J connectivity index is 1.57. The summed E-state index contributed by atoms with van der Waals surface area (Å²) in [7, 11) is 1.17. The fourth-order valence-corrected chi connectivity index (χ4v) is 5.51. The van der Waals surface area contributed by atoms with Gasteiger partial charge in [-0.15, -0.1) is 11.3 Å². The van der Waals surface area contributed by atoms with Crippen molar-refractivity contribution in [1.29, 1.82) is 0 Å². The molecule has 0 unspecified atom stereocenters. The first-order valence-electron chi connectivity index (χ1n) is 11.0. The van der Waals surface area contributed by atoms with Gasteiger partial charge in [0.2, 0.25) is 0 Å². The molecule has 3 heteroatoms. The largest absolute Gasteiger partial charge is 0.450 e. The first-order chi connectivity index (χ1) is 16.3. The second-order valence-corrected chi connectivity index (χ2v) is 9.31. The molecule has 5 aromatic carbocycles. The Morgan fingerprint density at radius 2 is 0.970 bits per heavy atom. The summed E-state index contributed by atoms with van der Waals surface area (Å²) in [6.45, 7) is 0. The molecule has 0 bridgehead atoms. The van der Waals surface area contributed by atoms with Crippen LogP contribution in [-0.2, 0) is 0 Å². The fraction of sp³-hybridized carbons (Fsp3) is 0. The summed E-state index contributed by atoms with van der Waals surface area (Å²) >= 11 is 1.79. The Kier molecular flexibility index (Phi) is 5.06. The highest BCUT2D eigenvalue weighted by atomic mass is 32.1. The fourth-order valence-electron chi connectivity index (χ4n) is 4.44. The quantitative estimate of drug-likeness (QED) is 0.286. The van der Waals surface area contributed by atoms with Crippen LogP contribution >= 0.6 is 11.3 Å². The zero-order chi connectivity index (χ0) is 22.2. The van der Waals surface area contributed by atoms with Crippen molar-refractivity contribution < 1.29 is 5.02 Å². The molecule has 1 heterocycles. The minimum absolute atomic E-state index is 0.824. The van der Waals surface area contributed by atoms with Crippen LogP contribution in [0.4, 0.5) is 0 Å². The average Bonchev–Trinajstić information content (AvgIpc) is 3.26. The molecule has 33 heavy (non-hydrogen) atoms. The molecule has 0 aliphatic rings. The van der Waals surface area contributed by atoms with Crippen LogP contribution in [0, 0.1) is 0 Å². The zero-order valence-corrected chi connectivity index (χ0v) is 18.7. The van der Waals surface area contributed by atoms with E-state index in [0.717, 1.165) is 5.46 Å². The standard InChI is InChI=1S/C30H20BOS/c32-31-26-12-14-30-28(19-26)27-18-22(11-13-29(27)33-30)25-16-23(20-7-3-1-4-8-20)15-24(17-25)21-9-5-2-6-10-21/h1-19,32H. The maximum absolute atomic E-state index is 9.50. The van der Waals surface area contributed by atoms with Gasteiger partial charge in [0.15, 0.2) is 0 Å². The Bertz CT molecular complexity index is 1530. The Morgan fingerprint density at radius 1 is 0.455 bits per heavy atom. The lowest BCUT2D eigenvalue weighted by atomic mass is 9.87. The van der Waals surface area contributed by atoms with Crippen LogP contribution in [0.1, 0.15) is 0 Å². The summed E-state index contributed by atoms with van der Waals surface area (Å²) in [5.74, 6) is 0. The van der Waals surface area contributed by atoms with E-state index in [9.17, 15) is 5.02 Å². The third-order valence-electron chi connectivity index (χ3n) is 6.12. The number of benzene rings is 5. The van der Waals surface area contributed by atoms with Crippen molar-refractivity contribution in [3.63, 3.8) is 0 Å². The van der Waals surface area contributed by atoms with Crippen LogP contribution in [-0.4, -0.2) is 12.5 Å². The van der Waals surface area contributed by atoms with Crippen LogP contribution in [0.25, 0.3) is 53.6 Å². The molecule has 0 aliphatic carbocycles. The van der Waals surface area contributed by atoms with E-state index in [0.29, 0.717) is 0 Å². The predicted molar refractivity (Wildman–Crippen MR) is 143 cm³/mol. The molecule has 155 valence electrons. The summed E-state index contributed by atoms with van der Waals surface area (Å²) < 4.78 is 2.49. The van der Waals surface area contributed by atoms with Crippen molar-refractivity contribution in [2.75, 3.05) is 0 Å². The van der Waals surface area contributed by atoms with Gasteiger partial charge >= 0.3 is 7.48 Å². The van der Waals surface area contributed by atoms with Crippen LogP contribution in [0.15, 0.2) is 115 Å². The van der Waals surface area contributed by atoms with Gasteiger partial charge in [0.25, 0.3) is 0 Å². The van der Waals surface area contributed by atoms with Crippen LogP contribution < -0.4 is 5.46 Å². The van der Waals surface area contributed by atoms with Gasteiger partial charge in [-0.1, -0.05) is 84.3 Å². The molecule has 1 nitrogen and oxygen atoms in total. The van der Waals surface area contributed by atoms with Gasteiger partial charge in [0.1, 0.15) is 0 Å². The van der Waals surface area contributed by atoms with Crippen molar-refractivity contribution in [3.05, 3.63) is 115 Å². The van der Waals surface area contributed by atoms with E-state index >= 15 is 0 Å². The molecule has 1 aromatic heterocycles. The summed E-state index contributed by atoms with van der Waals surface area (Å²) in [4.78, 5) is 0. The van der Waals surface area contributed by atoms with E-state index in [2.05, 4.69) is 109 Å². The summed E-state index contributed by atoms with van der Waals surface area (Å²) in [6, 6.07) is 40.8. The zero-order valence-electron chi connectivity index (χ0n) is 17.9. The van der Waals surface area contributed by atoms with Gasteiger partial charge in [-0.05, 0) is 75.2 Å². The molecule has 6 rings (SSSR count). The molecule has 0 atom stereocenters. The van der Waals surface area contributed by atoms with E-state index in [1.807, 2.05) is 6.07 Å². The summed E-state index contributed by atoms with van der Waals surface area (Å²) in [5.41, 5.74) is 8.05. The molecule has 0 amide bonds. The third-order valence-corrected chi connectivity index (χ3v) is 7.27. The SMILES string of the molecule is O[B]c1ccc2sc3ccc(-c4cc(-c5ccccc5)cc(-c5ccccc5)c4)cc3c2c1. The number of rotatable bonds is 4. The lowest BCUT2D eigenvalue weighted by molar-refractivity contribution is 0.615. The summed E-state index contributed by atoms with van der Waals surface area (Å²) in [5, 5.41) is 11.9. The number of thiophene rings is 1. The lowest BCUT2D eigenvalue weighted by Gasteiger charge is -2.11. The molecule has 0 saturated carbocycles. The topological polar surface area (TPSA) is 20.2 Å². The van der Waals surface area contributed by atoms with Crippen molar-refractivity contribution in [2.24, 2.45) is 0 Å². The van der Waals surface area contributed by atoms with Gasteiger partial charge < -0.3 is 5.02 Å². The third kappa shape index (κ3) is 3.76. The molecule has 0 spiro atoms. The van der Waals surface area contributed by atoms with Gasteiger partial charge in [0.05, 0.1) is 0 Å². The highest BCUT2D eigenvalue weighted by molar-refractivity contribution is 7.25. The summed E-state index contributed by atoms with van der Waals surface area (Å²) in [6.07, 6.45) is 0. The van der Waals surface area contributed by atoms with Crippen molar-refractivity contribution in [1.82, 2.24) is 0 Å². The van der Waals surface area contributed by atoms with Gasteiger partial charge in [-0.25, -0.2) is 0 Å². The van der Waals surface area contributed by atoms with Crippen LogP contribution in [0.5, 0.6) is 0 Å². The minimum Gasteiger partial charge on any atom is -0.450 e. The van der Waals surface area contributed by atoms with Crippen LogP contribution in [0.3, 0.4) is 0 Å². The number of fused-ring (bicyclic) bond motifs is 3. The normalized spacial score (nSPS) is 11.2. The first kappa shape index (κ1) is 20.0. The average molecular weight is 439 g/mol. The monoisotopic (exact) mass is 439 g/mol. The van der Waals surface area contributed by atoms with Gasteiger partial charge in [-0.2, -0.15) is 0 Å². The Labute approximate surface area is 197 Å². The van der Waals surface area contributed by atoms with Crippen LogP contribution in [0.2, 0.25) is 0 Å².